The number of hydrogen-bond acceptors (Lipinski definition) is 4. The second-order valence-corrected chi connectivity index (χ2v) is 9.86. The summed E-state index contributed by atoms with van der Waals surface area (Å²) in [6.07, 6.45) is 6.93. The Morgan fingerprint density at radius 2 is 1.88 bits per heavy atom. The second kappa shape index (κ2) is 5.88. The fourth-order valence-electron chi connectivity index (χ4n) is 7.69. The molecule has 0 spiro atoms. The number of hydrogen-bond donors (Lipinski definition) is 2. The van der Waals surface area contributed by atoms with Crippen LogP contribution in [-0.4, -0.2) is 34.5 Å². The largest absolute Gasteiger partial charge is 0.393 e. The van der Waals surface area contributed by atoms with Crippen LogP contribution in [0.4, 0.5) is 0 Å². The molecule has 0 heterocycles. The molecule has 0 radical (unpaired) electrons. The van der Waals surface area contributed by atoms with Crippen molar-refractivity contribution < 1.29 is 19.8 Å². The van der Waals surface area contributed by atoms with Gasteiger partial charge in [0.05, 0.1) is 6.10 Å². The number of fused-ring (bicyclic) bond motifs is 5. The zero-order valence-electron chi connectivity index (χ0n) is 15.5. The molecule has 2 N–H and O–H groups in total. The van der Waals surface area contributed by atoms with Crippen LogP contribution in [0.15, 0.2) is 0 Å². The third-order valence-electron chi connectivity index (χ3n) is 8.87. The Bertz CT molecular complexity index is 586. The predicted molar refractivity (Wildman–Crippen MR) is 93.7 cm³/mol. The third-order valence-corrected chi connectivity index (χ3v) is 8.87. The summed E-state index contributed by atoms with van der Waals surface area (Å²) in [4.78, 5) is 25.6. The fraction of sp³-hybridized carbons (Fsp3) is 0.905. The highest BCUT2D eigenvalue weighted by molar-refractivity contribution is 5.88. The van der Waals surface area contributed by atoms with Crippen molar-refractivity contribution in [3.8, 4) is 0 Å². The number of carbonyl (C=O) groups is 2. The summed E-state index contributed by atoms with van der Waals surface area (Å²) >= 11 is 0. The monoisotopic (exact) mass is 348 g/mol. The molecule has 0 amide bonds. The maximum Gasteiger partial charge on any atom is 0.161 e. The lowest BCUT2D eigenvalue weighted by Gasteiger charge is -2.59. The zero-order chi connectivity index (χ0) is 18.0. The third kappa shape index (κ3) is 2.39. The minimum atomic E-state index is -0.396. The first kappa shape index (κ1) is 17.7. The SMILES string of the molecule is C[C@]12CC(=O)[C@H]3[C@H](CC[C@H]4C[C@H](O)CC[C@]43C)[C@@H]1CC[C@H]2C(=O)CO. The normalized spacial score (nSPS) is 52.2. The fourth-order valence-corrected chi connectivity index (χ4v) is 7.69. The molecule has 0 aliphatic heterocycles. The molecule has 25 heavy (non-hydrogen) atoms. The summed E-state index contributed by atoms with van der Waals surface area (Å²) in [5.41, 5.74) is -0.227. The summed E-state index contributed by atoms with van der Waals surface area (Å²) in [6, 6.07) is 0. The molecule has 4 heteroatoms. The Labute approximate surface area is 150 Å². The molecule has 0 saturated heterocycles. The van der Waals surface area contributed by atoms with Gasteiger partial charge < -0.3 is 10.2 Å². The van der Waals surface area contributed by atoms with Crippen molar-refractivity contribution in [2.45, 2.75) is 71.3 Å². The van der Waals surface area contributed by atoms with Gasteiger partial charge in [-0.1, -0.05) is 13.8 Å². The van der Waals surface area contributed by atoms with E-state index in [0.717, 1.165) is 44.9 Å². The van der Waals surface area contributed by atoms with Crippen molar-refractivity contribution >= 4 is 11.6 Å². The summed E-state index contributed by atoms with van der Waals surface area (Å²) in [5.74, 6) is 1.52. The topological polar surface area (TPSA) is 74.6 Å². The van der Waals surface area contributed by atoms with Crippen molar-refractivity contribution in [3.63, 3.8) is 0 Å². The minimum Gasteiger partial charge on any atom is -0.393 e. The molecule has 0 aromatic rings. The van der Waals surface area contributed by atoms with Gasteiger partial charge in [0.1, 0.15) is 12.4 Å². The van der Waals surface area contributed by atoms with Crippen LogP contribution < -0.4 is 0 Å². The lowest BCUT2D eigenvalue weighted by molar-refractivity contribution is -0.162. The van der Waals surface area contributed by atoms with Gasteiger partial charge in [0.25, 0.3) is 0 Å². The molecular weight excluding hydrogens is 316 g/mol. The van der Waals surface area contributed by atoms with E-state index in [9.17, 15) is 19.8 Å². The minimum absolute atomic E-state index is 0.0274. The number of carbonyl (C=O) groups excluding carboxylic acids is 2. The smallest absolute Gasteiger partial charge is 0.161 e. The molecule has 4 fully saturated rings. The molecule has 8 atom stereocenters. The molecule has 4 rings (SSSR count). The first-order valence-corrected chi connectivity index (χ1v) is 10.2. The Balaban J connectivity index is 1.66. The van der Waals surface area contributed by atoms with Crippen LogP contribution in [0, 0.1) is 40.4 Å². The van der Waals surface area contributed by atoms with Crippen LogP contribution in [0.2, 0.25) is 0 Å². The van der Waals surface area contributed by atoms with Gasteiger partial charge in [0.2, 0.25) is 0 Å². The van der Waals surface area contributed by atoms with Crippen LogP contribution in [0.1, 0.15) is 65.2 Å². The number of Topliss-reactive ketones (excluding diaryl/α,β-unsaturated/α-hetero) is 2. The predicted octanol–water partition coefficient (Wildman–Crippen LogP) is 2.75. The van der Waals surface area contributed by atoms with E-state index in [1.165, 1.54) is 0 Å². The molecule has 4 nitrogen and oxygen atoms in total. The first-order valence-electron chi connectivity index (χ1n) is 10.2. The van der Waals surface area contributed by atoms with E-state index >= 15 is 0 Å². The van der Waals surface area contributed by atoms with E-state index in [1.54, 1.807) is 0 Å². The van der Waals surface area contributed by atoms with Crippen LogP contribution in [0.25, 0.3) is 0 Å². The van der Waals surface area contributed by atoms with E-state index in [1.807, 2.05) is 0 Å². The molecule has 0 unspecified atom stereocenters. The van der Waals surface area contributed by atoms with E-state index in [2.05, 4.69) is 13.8 Å². The molecule has 4 saturated carbocycles. The van der Waals surface area contributed by atoms with Crippen LogP contribution in [0.3, 0.4) is 0 Å². The Morgan fingerprint density at radius 3 is 2.60 bits per heavy atom. The lowest BCUT2D eigenvalue weighted by atomic mass is 9.44. The number of aliphatic hydroxyl groups is 2. The average molecular weight is 348 g/mol. The van der Waals surface area contributed by atoms with Crippen molar-refractivity contribution in [1.82, 2.24) is 0 Å². The van der Waals surface area contributed by atoms with Crippen LogP contribution in [0.5, 0.6) is 0 Å². The summed E-state index contributed by atoms with van der Waals surface area (Å²) in [6.45, 7) is 4.04. The van der Waals surface area contributed by atoms with Crippen molar-refractivity contribution in [3.05, 3.63) is 0 Å². The van der Waals surface area contributed by atoms with E-state index in [-0.39, 0.29) is 34.6 Å². The summed E-state index contributed by atoms with van der Waals surface area (Å²) < 4.78 is 0. The highest BCUT2D eigenvalue weighted by atomic mass is 16.3. The van der Waals surface area contributed by atoms with Crippen molar-refractivity contribution in [1.29, 1.82) is 0 Å². The Kier molecular flexibility index (Phi) is 4.16. The van der Waals surface area contributed by atoms with Gasteiger partial charge in [-0.15, -0.1) is 0 Å². The van der Waals surface area contributed by atoms with Gasteiger partial charge in [0.15, 0.2) is 5.78 Å². The quantitative estimate of drug-likeness (QED) is 0.805. The molecule has 0 bridgehead atoms. The van der Waals surface area contributed by atoms with Crippen LogP contribution in [-0.2, 0) is 9.59 Å². The first-order chi connectivity index (χ1) is 11.8. The Morgan fingerprint density at radius 1 is 1.12 bits per heavy atom. The Hall–Kier alpha value is -0.740. The molecule has 4 aliphatic rings. The van der Waals surface area contributed by atoms with Gasteiger partial charge in [-0.05, 0) is 73.5 Å². The maximum absolute atomic E-state index is 13.3. The number of aliphatic hydroxyl groups excluding tert-OH is 2. The molecule has 0 aromatic carbocycles. The maximum atomic E-state index is 13.3. The average Bonchev–Trinajstić information content (AvgIpc) is 2.91. The van der Waals surface area contributed by atoms with E-state index in [4.69, 9.17) is 0 Å². The second-order valence-electron chi connectivity index (χ2n) is 9.86. The van der Waals surface area contributed by atoms with E-state index in [0.29, 0.717) is 30.0 Å². The molecule has 140 valence electrons. The van der Waals surface area contributed by atoms with Gasteiger partial charge in [-0.3, -0.25) is 9.59 Å². The lowest BCUT2D eigenvalue weighted by Crippen LogP contribution is -2.58. The molecule has 4 aliphatic carbocycles. The van der Waals surface area contributed by atoms with Gasteiger partial charge in [-0.2, -0.15) is 0 Å². The highest BCUT2D eigenvalue weighted by Gasteiger charge is 2.63. The number of ketones is 2. The van der Waals surface area contributed by atoms with Gasteiger partial charge in [-0.25, -0.2) is 0 Å². The van der Waals surface area contributed by atoms with Gasteiger partial charge >= 0.3 is 0 Å². The summed E-state index contributed by atoms with van der Waals surface area (Å²) in [5, 5.41) is 19.5. The number of rotatable bonds is 2. The standard InChI is InChI=1S/C21H32O4/c1-20-8-7-13(23)9-12(20)3-4-14-15-5-6-16(18(25)11-22)21(15,2)10-17(24)19(14)20/h12-16,19,22-23H,3-11H2,1-2H3/t12-,13+,14+,15-,16-,19+,20+,21-/m0/s1. The molecular formula is C21H32O4. The molecule has 0 aromatic heterocycles. The van der Waals surface area contributed by atoms with Crippen LogP contribution >= 0.6 is 0 Å². The zero-order valence-corrected chi connectivity index (χ0v) is 15.5. The van der Waals surface area contributed by atoms with E-state index < -0.39 is 6.61 Å². The highest BCUT2D eigenvalue weighted by Crippen LogP contribution is 2.66. The van der Waals surface area contributed by atoms with Crippen molar-refractivity contribution in [2.24, 2.45) is 40.4 Å². The summed E-state index contributed by atoms with van der Waals surface area (Å²) in [7, 11) is 0. The van der Waals surface area contributed by atoms with Crippen molar-refractivity contribution in [2.75, 3.05) is 6.61 Å². The van der Waals surface area contributed by atoms with Gasteiger partial charge in [0, 0.05) is 18.3 Å².